The van der Waals surface area contributed by atoms with E-state index in [9.17, 15) is 0 Å². The summed E-state index contributed by atoms with van der Waals surface area (Å²) in [6, 6.07) is 10.0. The molecule has 2 N–H and O–H groups in total. The Hall–Kier alpha value is -2.49. The number of hydrogen-bond acceptors (Lipinski definition) is 4. The number of furan rings is 1. The van der Waals surface area contributed by atoms with E-state index < -0.39 is 0 Å². The van der Waals surface area contributed by atoms with Gasteiger partial charge < -0.3 is 15.1 Å². The van der Waals surface area contributed by atoms with Gasteiger partial charge in [0.15, 0.2) is 0 Å². The number of nitrogens with zero attached hydrogens (tertiary/aromatic N) is 2. The second kappa shape index (κ2) is 5.48. The molecule has 3 aromatic rings. The van der Waals surface area contributed by atoms with E-state index in [0.717, 1.165) is 46.7 Å². The van der Waals surface area contributed by atoms with Gasteiger partial charge >= 0.3 is 0 Å². The van der Waals surface area contributed by atoms with Crippen LogP contribution in [0.25, 0.3) is 10.8 Å². The number of aryl methyl sites for hydroxylation is 1. The van der Waals surface area contributed by atoms with Gasteiger partial charge in [0.25, 0.3) is 0 Å². The molecule has 0 atom stereocenters. The standard InChI is InChI=1S/C17H19N3O/c1-3-20(11-13-5-4-8-21-13)17-7-6-16(18)15-10-19-12(2)9-14(15)17/h4-10H,3,11,18H2,1-2H3. The number of nitrogen functional groups attached to an aromatic ring is 1. The summed E-state index contributed by atoms with van der Waals surface area (Å²) in [4.78, 5) is 6.63. The molecule has 0 spiro atoms. The van der Waals surface area contributed by atoms with Crippen molar-refractivity contribution in [1.29, 1.82) is 0 Å². The largest absolute Gasteiger partial charge is 0.467 e. The second-order valence-electron chi connectivity index (χ2n) is 5.14. The lowest BCUT2D eigenvalue weighted by Gasteiger charge is -2.24. The first-order valence-corrected chi connectivity index (χ1v) is 7.11. The van der Waals surface area contributed by atoms with Crippen LogP contribution >= 0.6 is 0 Å². The minimum absolute atomic E-state index is 0.740. The van der Waals surface area contributed by atoms with Crippen molar-refractivity contribution in [2.75, 3.05) is 17.2 Å². The highest BCUT2D eigenvalue weighted by Gasteiger charge is 2.12. The van der Waals surface area contributed by atoms with Gasteiger partial charge in [-0.3, -0.25) is 4.98 Å². The number of hydrogen-bond donors (Lipinski definition) is 1. The zero-order valence-electron chi connectivity index (χ0n) is 12.3. The van der Waals surface area contributed by atoms with Crippen LogP contribution in [-0.4, -0.2) is 11.5 Å². The summed E-state index contributed by atoms with van der Waals surface area (Å²) in [6.07, 6.45) is 3.56. The minimum atomic E-state index is 0.740. The summed E-state index contributed by atoms with van der Waals surface area (Å²) < 4.78 is 5.47. The van der Waals surface area contributed by atoms with E-state index >= 15 is 0 Å². The first kappa shape index (κ1) is 13.5. The molecule has 108 valence electrons. The van der Waals surface area contributed by atoms with Crippen LogP contribution in [0.3, 0.4) is 0 Å². The smallest absolute Gasteiger partial charge is 0.123 e. The maximum absolute atomic E-state index is 6.08. The van der Waals surface area contributed by atoms with Gasteiger partial charge in [-0.05, 0) is 44.2 Å². The minimum Gasteiger partial charge on any atom is -0.467 e. The normalized spacial score (nSPS) is 11.0. The summed E-state index contributed by atoms with van der Waals surface area (Å²) >= 11 is 0. The molecule has 0 radical (unpaired) electrons. The summed E-state index contributed by atoms with van der Waals surface area (Å²) in [7, 11) is 0. The van der Waals surface area contributed by atoms with Gasteiger partial charge in [-0.15, -0.1) is 0 Å². The molecule has 0 saturated carbocycles. The van der Waals surface area contributed by atoms with Crippen molar-refractivity contribution in [2.24, 2.45) is 0 Å². The highest BCUT2D eigenvalue weighted by atomic mass is 16.3. The number of nitrogens with two attached hydrogens (primary N) is 1. The van der Waals surface area contributed by atoms with Crippen LogP contribution in [0.1, 0.15) is 18.4 Å². The SMILES string of the molecule is CCN(Cc1ccco1)c1ccc(N)c2cnc(C)cc12. The predicted molar refractivity (Wildman–Crippen MR) is 86.3 cm³/mol. The average molecular weight is 281 g/mol. The molecule has 0 aliphatic rings. The van der Waals surface area contributed by atoms with Crippen molar-refractivity contribution in [2.45, 2.75) is 20.4 Å². The number of aromatic nitrogens is 1. The maximum atomic E-state index is 6.08. The lowest BCUT2D eigenvalue weighted by molar-refractivity contribution is 0.504. The van der Waals surface area contributed by atoms with Crippen molar-refractivity contribution in [3.05, 3.63) is 54.2 Å². The van der Waals surface area contributed by atoms with E-state index in [0.29, 0.717) is 0 Å². The Balaban J connectivity index is 2.09. The van der Waals surface area contributed by atoms with Gasteiger partial charge in [0.1, 0.15) is 5.76 Å². The number of benzene rings is 1. The zero-order chi connectivity index (χ0) is 14.8. The molecule has 4 heteroatoms. The first-order valence-electron chi connectivity index (χ1n) is 7.11. The highest BCUT2D eigenvalue weighted by Crippen LogP contribution is 2.31. The van der Waals surface area contributed by atoms with E-state index in [1.54, 1.807) is 6.26 Å². The van der Waals surface area contributed by atoms with Crippen molar-refractivity contribution in [1.82, 2.24) is 4.98 Å². The van der Waals surface area contributed by atoms with Crippen LogP contribution in [0.5, 0.6) is 0 Å². The number of anilines is 2. The maximum Gasteiger partial charge on any atom is 0.123 e. The first-order chi connectivity index (χ1) is 10.2. The molecule has 21 heavy (non-hydrogen) atoms. The Morgan fingerprint density at radius 3 is 2.81 bits per heavy atom. The van der Waals surface area contributed by atoms with E-state index in [1.165, 1.54) is 0 Å². The molecular formula is C17H19N3O. The van der Waals surface area contributed by atoms with E-state index in [4.69, 9.17) is 10.2 Å². The molecule has 0 bridgehead atoms. The Labute approximate surface area is 124 Å². The van der Waals surface area contributed by atoms with Crippen molar-refractivity contribution >= 4 is 22.1 Å². The van der Waals surface area contributed by atoms with Crippen LogP contribution < -0.4 is 10.6 Å². The summed E-state index contributed by atoms with van der Waals surface area (Å²) in [5.74, 6) is 0.951. The van der Waals surface area contributed by atoms with Gasteiger partial charge in [-0.1, -0.05) is 0 Å². The monoisotopic (exact) mass is 281 g/mol. The van der Waals surface area contributed by atoms with Crippen LogP contribution in [0.15, 0.2) is 47.2 Å². The summed E-state index contributed by atoms with van der Waals surface area (Å²) in [5.41, 5.74) is 8.98. The second-order valence-corrected chi connectivity index (χ2v) is 5.14. The van der Waals surface area contributed by atoms with E-state index in [-0.39, 0.29) is 0 Å². The van der Waals surface area contributed by atoms with Crippen LogP contribution in [0.2, 0.25) is 0 Å². The average Bonchev–Trinajstić information content (AvgIpc) is 2.98. The zero-order valence-corrected chi connectivity index (χ0v) is 12.3. The number of pyridine rings is 1. The predicted octanol–water partition coefficient (Wildman–Crippen LogP) is 3.74. The Bertz CT molecular complexity index is 750. The highest BCUT2D eigenvalue weighted by molar-refractivity contribution is 6.01. The molecule has 1 aromatic carbocycles. The van der Waals surface area contributed by atoms with Gasteiger partial charge in [0, 0.05) is 40.6 Å². The fraction of sp³-hybridized carbons (Fsp3) is 0.235. The summed E-state index contributed by atoms with van der Waals surface area (Å²) in [5, 5.41) is 2.13. The van der Waals surface area contributed by atoms with E-state index in [1.807, 2.05) is 31.3 Å². The molecule has 0 fully saturated rings. The third-order valence-electron chi connectivity index (χ3n) is 3.70. The number of rotatable bonds is 4. The lowest BCUT2D eigenvalue weighted by Crippen LogP contribution is -2.22. The fourth-order valence-electron chi connectivity index (χ4n) is 2.58. The molecule has 0 saturated heterocycles. The molecule has 3 rings (SSSR count). The summed E-state index contributed by atoms with van der Waals surface area (Å²) in [6.45, 7) is 5.76. The molecule has 4 nitrogen and oxygen atoms in total. The van der Waals surface area contributed by atoms with Gasteiger partial charge in [0.2, 0.25) is 0 Å². The topological polar surface area (TPSA) is 55.3 Å². The molecule has 2 heterocycles. The van der Waals surface area contributed by atoms with Gasteiger partial charge in [0.05, 0.1) is 12.8 Å². The molecule has 0 aliphatic heterocycles. The van der Waals surface area contributed by atoms with Crippen LogP contribution in [0.4, 0.5) is 11.4 Å². The quantitative estimate of drug-likeness (QED) is 0.740. The van der Waals surface area contributed by atoms with Crippen LogP contribution in [0, 0.1) is 6.92 Å². The van der Waals surface area contributed by atoms with E-state index in [2.05, 4.69) is 28.9 Å². The molecule has 0 unspecified atom stereocenters. The fourth-order valence-corrected chi connectivity index (χ4v) is 2.58. The molecule has 0 amide bonds. The molecule has 0 aliphatic carbocycles. The van der Waals surface area contributed by atoms with Gasteiger partial charge in [-0.2, -0.15) is 0 Å². The van der Waals surface area contributed by atoms with Crippen molar-refractivity contribution in [3.8, 4) is 0 Å². The Kier molecular flexibility index (Phi) is 3.52. The van der Waals surface area contributed by atoms with Gasteiger partial charge in [-0.25, -0.2) is 0 Å². The Morgan fingerprint density at radius 1 is 1.24 bits per heavy atom. The van der Waals surface area contributed by atoms with Crippen molar-refractivity contribution < 1.29 is 4.42 Å². The third kappa shape index (κ3) is 2.57. The Morgan fingerprint density at radius 2 is 2.10 bits per heavy atom. The molecular weight excluding hydrogens is 262 g/mol. The lowest BCUT2D eigenvalue weighted by atomic mass is 10.1. The van der Waals surface area contributed by atoms with Crippen molar-refractivity contribution in [3.63, 3.8) is 0 Å². The van der Waals surface area contributed by atoms with Crippen LogP contribution in [-0.2, 0) is 6.54 Å². The molecule has 2 aromatic heterocycles. The number of fused-ring (bicyclic) bond motifs is 1. The third-order valence-corrected chi connectivity index (χ3v) is 3.70.